The van der Waals surface area contributed by atoms with Gasteiger partial charge < -0.3 is 15.4 Å². The predicted molar refractivity (Wildman–Crippen MR) is 88.7 cm³/mol. The van der Waals surface area contributed by atoms with Gasteiger partial charge in [0.15, 0.2) is 5.69 Å². The second kappa shape index (κ2) is 6.04. The average Bonchev–Trinajstić information content (AvgIpc) is 3.14. The first kappa shape index (κ1) is 15.5. The number of hydrogen-bond acceptors (Lipinski definition) is 3. The van der Waals surface area contributed by atoms with Gasteiger partial charge in [-0.3, -0.25) is 4.79 Å². The fraction of sp³-hybridized carbons (Fsp3) is 0.118. The molecular formula is C17H16N4O3. The van der Waals surface area contributed by atoms with Crippen molar-refractivity contribution in [1.82, 2.24) is 14.8 Å². The molecule has 0 aliphatic rings. The van der Waals surface area contributed by atoms with Crippen LogP contribution in [-0.4, -0.2) is 31.7 Å². The lowest BCUT2D eigenvalue weighted by Gasteiger charge is -2.11. The van der Waals surface area contributed by atoms with E-state index in [9.17, 15) is 9.59 Å². The van der Waals surface area contributed by atoms with Crippen LogP contribution in [0, 0.1) is 13.8 Å². The molecule has 122 valence electrons. The molecule has 2 aromatic heterocycles. The summed E-state index contributed by atoms with van der Waals surface area (Å²) in [6.07, 6.45) is 1.54. The maximum atomic E-state index is 12.5. The minimum atomic E-state index is -1.10. The summed E-state index contributed by atoms with van der Waals surface area (Å²) in [7, 11) is 0. The third-order valence-corrected chi connectivity index (χ3v) is 3.60. The first-order valence-corrected chi connectivity index (χ1v) is 7.31. The summed E-state index contributed by atoms with van der Waals surface area (Å²) in [6, 6.07) is 10.3. The van der Waals surface area contributed by atoms with Crippen LogP contribution in [0.1, 0.15) is 32.2 Å². The van der Waals surface area contributed by atoms with E-state index in [4.69, 9.17) is 5.11 Å². The number of carboxylic acids is 1. The zero-order chi connectivity index (χ0) is 17.3. The van der Waals surface area contributed by atoms with Gasteiger partial charge in [0.2, 0.25) is 0 Å². The highest BCUT2D eigenvalue weighted by Gasteiger charge is 2.15. The van der Waals surface area contributed by atoms with Crippen molar-refractivity contribution in [2.24, 2.45) is 0 Å². The third-order valence-electron chi connectivity index (χ3n) is 3.60. The number of amides is 1. The molecule has 0 spiro atoms. The Bertz CT molecular complexity index is 924. The molecule has 0 saturated carbocycles. The number of benzene rings is 1. The highest BCUT2D eigenvalue weighted by Crippen LogP contribution is 2.21. The van der Waals surface area contributed by atoms with E-state index in [1.54, 1.807) is 36.5 Å². The molecule has 7 heteroatoms. The van der Waals surface area contributed by atoms with Gasteiger partial charge in [-0.1, -0.05) is 12.1 Å². The van der Waals surface area contributed by atoms with Crippen molar-refractivity contribution in [3.8, 4) is 5.69 Å². The molecular weight excluding hydrogens is 308 g/mol. The number of carboxylic acid groups (broad SMARTS) is 1. The van der Waals surface area contributed by atoms with Gasteiger partial charge in [-0.05, 0) is 38.1 Å². The monoisotopic (exact) mass is 324 g/mol. The van der Waals surface area contributed by atoms with Gasteiger partial charge >= 0.3 is 5.97 Å². The molecule has 0 aliphatic heterocycles. The van der Waals surface area contributed by atoms with E-state index in [0.717, 1.165) is 11.4 Å². The van der Waals surface area contributed by atoms with Gasteiger partial charge in [-0.15, -0.1) is 0 Å². The van der Waals surface area contributed by atoms with Crippen LogP contribution in [0.15, 0.2) is 42.6 Å². The quantitative estimate of drug-likeness (QED) is 0.687. The number of aromatic amines is 1. The smallest absolute Gasteiger partial charge is 0.356 e. The lowest BCUT2D eigenvalue weighted by Crippen LogP contribution is -2.14. The maximum absolute atomic E-state index is 12.5. The van der Waals surface area contributed by atoms with Crippen molar-refractivity contribution in [3.05, 3.63) is 65.2 Å². The standard InChI is InChI=1S/C17H16N4O3/c1-10-9-12(11(2)18-10)16(22)19-13-5-3-4-6-15(13)21-8-7-14(20-21)17(23)24/h3-9,18H,1-2H3,(H,19,22)(H,23,24). The number of carbonyl (C=O) groups excluding carboxylic acids is 1. The molecule has 0 radical (unpaired) electrons. The number of aromatic nitrogens is 3. The lowest BCUT2D eigenvalue weighted by atomic mass is 10.2. The van der Waals surface area contributed by atoms with E-state index in [1.807, 2.05) is 13.8 Å². The molecule has 3 N–H and O–H groups in total. The van der Waals surface area contributed by atoms with E-state index < -0.39 is 5.97 Å². The van der Waals surface area contributed by atoms with Crippen molar-refractivity contribution in [3.63, 3.8) is 0 Å². The van der Waals surface area contributed by atoms with Crippen LogP contribution < -0.4 is 5.32 Å². The summed E-state index contributed by atoms with van der Waals surface area (Å²) in [5, 5.41) is 15.8. The number of rotatable bonds is 4. The summed E-state index contributed by atoms with van der Waals surface area (Å²) in [6.45, 7) is 3.72. The molecule has 1 aromatic carbocycles. The van der Waals surface area contributed by atoms with Gasteiger partial charge in [-0.2, -0.15) is 5.10 Å². The van der Waals surface area contributed by atoms with Gasteiger partial charge in [-0.25, -0.2) is 9.48 Å². The number of aryl methyl sites for hydroxylation is 2. The number of carbonyl (C=O) groups is 2. The summed E-state index contributed by atoms with van der Waals surface area (Å²) < 4.78 is 1.42. The van der Waals surface area contributed by atoms with Crippen molar-refractivity contribution in [2.75, 3.05) is 5.32 Å². The number of hydrogen-bond donors (Lipinski definition) is 3. The first-order valence-electron chi connectivity index (χ1n) is 7.31. The van der Waals surface area contributed by atoms with E-state index in [-0.39, 0.29) is 11.6 Å². The van der Waals surface area contributed by atoms with E-state index in [1.165, 1.54) is 10.7 Å². The van der Waals surface area contributed by atoms with Gasteiger partial charge in [0.1, 0.15) is 0 Å². The zero-order valence-electron chi connectivity index (χ0n) is 13.2. The van der Waals surface area contributed by atoms with Crippen molar-refractivity contribution in [1.29, 1.82) is 0 Å². The molecule has 0 unspecified atom stereocenters. The number of nitrogens with zero attached hydrogens (tertiary/aromatic N) is 2. The fourth-order valence-corrected chi connectivity index (χ4v) is 2.50. The van der Waals surface area contributed by atoms with Crippen LogP contribution in [0.2, 0.25) is 0 Å². The Morgan fingerprint density at radius 3 is 2.58 bits per heavy atom. The van der Waals surface area contributed by atoms with E-state index in [2.05, 4.69) is 15.4 Å². The zero-order valence-corrected chi connectivity index (χ0v) is 13.2. The Balaban J connectivity index is 1.93. The summed E-state index contributed by atoms with van der Waals surface area (Å²) in [5.74, 6) is -1.34. The van der Waals surface area contributed by atoms with Crippen LogP contribution in [0.3, 0.4) is 0 Å². The first-order chi connectivity index (χ1) is 11.5. The number of anilines is 1. The Labute approximate surface area is 137 Å². The highest BCUT2D eigenvalue weighted by molar-refractivity contribution is 6.06. The minimum absolute atomic E-state index is 0.0618. The Kier molecular flexibility index (Phi) is 3.91. The molecule has 0 aliphatic carbocycles. The molecule has 0 fully saturated rings. The van der Waals surface area contributed by atoms with Gasteiger partial charge in [0, 0.05) is 17.6 Å². The third kappa shape index (κ3) is 2.91. The number of para-hydroxylation sites is 2. The molecule has 1 amide bonds. The predicted octanol–water partition coefficient (Wildman–Crippen LogP) is 2.77. The second-order valence-corrected chi connectivity index (χ2v) is 5.41. The van der Waals surface area contributed by atoms with Crippen LogP contribution in [0.5, 0.6) is 0 Å². The van der Waals surface area contributed by atoms with Crippen LogP contribution in [0.4, 0.5) is 5.69 Å². The summed E-state index contributed by atoms with van der Waals surface area (Å²) in [4.78, 5) is 26.6. The van der Waals surface area contributed by atoms with Gasteiger partial charge in [0.25, 0.3) is 5.91 Å². The second-order valence-electron chi connectivity index (χ2n) is 5.41. The van der Waals surface area contributed by atoms with Crippen LogP contribution in [0.25, 0.3) is 5.69 Å². The minimum Gasteiger partial charge on any atom is -0.476 e. The molecule has 0 saturated heterocycles. The van der Waals surface area contributed by atoms with E-state index in [0.29, 0.717) is 16.9 Å². The topological polar surface area (TPSA) is 100 Å². The molecule has 3 aromatic rings. The number of aromatic carboxylic acids is 1. The number of nitrogens with one attached hydrogen (secondary N) is 2. The Morgan fingerprint density at radius 1 is 1.21 bits per heavy atom. The number of H-pyrrole nitrogens is 1. The molecule has 7 nitrogen and oxygen atoms in total. The van der Waals surface area contributed by atoms with Gasteiger partial charge in [0.05, 0.1) is 16.9 Å². The molecule has 2 heterocycles. The van der Waals surface area contributed by atoms with Crippen molar-refractivity contribution < 1.29 is 14.7 Å². The largest absolute Gasteiger partial charge is 0.476 e. The maximum Gasteiger partial charge on any atom is 0.356 e. The lowest BCUT2D eigenvalue weighted by molar-refractivity contribution is 0.0689. The Morgan fingerprint density at radius 2 is 1.96 bits per heavy atom. The molecule has 24 heavy (non-hydrogen) atoms. The normalized spacial score (nSPS) is 10.6. The summed E-state index contributed by atoms with van der Waals surface area (Å²) >= 11 is 0. The van der Waals surface area contributed by atoms with Crippen molar-refractivity contribution >= 4 is 17.6 Å². The van der Waals surface area contributed by atoms with Crippen LogP contribution in [-0.2, 0) is 0 Å². The average molecular weight is 324 g/mol. The Hall–Kier alpha value is -3.35. The molecule has 0 bridgehead atoms. The van der Waals surface area contributed by atoms with E-state index >= 15 is 0 Å². The fourth-order valence-electron chi connectivity index (χ4n) is 2.50. The molecule has 3 rings (SSSR count). The SMILES string of the molecule is Cc1cc(C(=O)Nc2ccccc2-n2ccc(C(=O)O)n2)c(C)[nH]1. The highest BCUT2D eigenvalue weighted by atomic mass is 16.4. The summed E-state index contributed by atoms with van der Waals surface area (Å²) in [5.41, 5.74) is 3.32. The van der Waals surface area contributed by atoms with Crippen molar-refractivity contribution in [2.45, 2.75) is 13.8 Å². The molecule has 0 atom stereocenters. The van der Waals surface area contributed by atoms with Crippen LogP contribution >= 0.6 is 0 Å².